The molecule has 3 aromatic rings. The van der Waals surface area contributed by atoms with Gasteiger partial charge in [-0.1, -0.05) is 24.3 Å². The van der Waals surface area contributed by atoms with Gasteiger partial charge in [-0.3, -0.25) is 0 Å². The van der Waals surface area contributed by atoms with Gasteiger partial charge in [-0.25, -0.2) is 0 Å². The Morgan fingerprint density at radius 1 is 1.05 bits per heavy atom. The maximum absolute atomic E-state index is 5.70. The van der Waals surface area contributed by atoms with E-state index in [1.54, 1.807) is 0 Å². The lowest BCUT2D eigenvalue weighted by Gasteiger charge is -2.03. The molecule has 3 rings (SSSR count). The number of aromatic nitrogens is 1. The van der Waals surface area contributed by atoms with Crippen LogP contribution < -0.4 is 5.73 Å². The fourth-order valence-electron chi connectivity index (χ4n) is 2.55. The van der Waals surface area contributed by atoms with Crippen LogP contribution in [0.15, 0.2) is 48.0 Å². The molecule has 3 heteroatoms. The van der Waals surface area contributed by atoms with E-state index in [0.29, 0.717) is 6.54 Å². The van der Waals surface area contributed by atoms with E-state index in [4.69, 9.17) is 5.73 Å². The molecular weight excluding hydrogens is 252 g/mol. The van der Waals surface area contributed by atoms with Crippen LogP contribution in [0.5, 0.6) is 0 Å². The Labute approximate surface area is 117 Å². The van der Waals surface area contributed by atoms with Gasteiger partial charge in [0.2, 0.25) is 0 Å². The molecule has 2 N–H and O–H groups in total. The maximum atomic E-state index is 5.70. The first-order chi connectivity index (χ1) is 9.38. The number of rotatable bonds is 5. The average Bonchev–Trinajstić information content (AvgIpc) is 3.06. The minimum absolute atomic E-state index is 0.707. The predicted octanol–water partition coefficient (Wildman–Crippen LogP) is 3.45. The summed E-state index contributed by atoms with van der Waals surface area (Å²) in [6, 6.07) is 12.9. The number of benzene rings is 1. The van der Waals surface area contributed by atoms with Gasteiger partial charge in [0.05, 0.1) is 0 Å². The first kappa shape index (κ1) is 12.5. The number of hydrogen-bond donors (Lipinski definition) is 1. The van der Waals surface area contributed by atoms with Gasteiger partial charge < -0.3 is 10.3 Å². The van der Waals surface area contributed by atoms with Crippen LogP contribution in [0, 0.1) is 0 Å². The summed E-state index contributed by atoms with van der Waals surface area (Å²) in [5.41, 5.74) is 8.39. The third kappa shape index (κ3) is 2.57. The topological polar surface area (TPSA) is 30.9 Å². The zero-order chi connectivity index (χ0) is 13.1. The molecule has 2 heterocycles. The number of aryl methyl sites for hydroxylation is 2. The van der Waals surface area contributed by atoms with Crippen LogP contribution in [0.3, 0.4) is 0 Å². The zero-order valence-electron chi connectivity index (χ0n) is 10.9. The van der Waals surface area contributed by atoms with Crippen molar-refractivity contribution in [3.05, 3.63) is 58.4 Å². The highest BCUT2D eigenvalue weighted by Crippen LogP contribution is 2.22. The van der Waals surface area contributed by atoms with E-state index in [1.165, 1.54) is 21.3 Å². The smallest absolute Gasteiger partial charge is 0.0483 e. The molecule has 0 spiro atoms. The van der Waals surface area contributed by atoms with E-state index in [2.05, 4.69) is 52.5 Å². The van der Waals surface area contributed by atoms with Crippen LogP contribution in [0.4, 0.5) is 0 Å². The van der Waals surface area contributed by atoms with Crippen molar-refractivity contribution >= 4 is 22.2 Å². The van der Waals surface area contributed by atoms with Crippen molar-refractivity contribution in [1.29, 1.82) is 0 Å². The standard InChI is InChI=1S/C16H18N2S/c17-9-7-13-12-18(10-8-14-4-3-11-19-14)16-6-2-1-5-15(13)16/h1-6,11-12H,7-10,17H2. The monoisotopic (exact) mass is 270 g/mol. The zero-order valence-corrected chi connectivity index (χ0v) is 11.7. The van der Waals surface area contributed by atoms with Crippen molar-refractivity contribution < 1.29 is 0 Å². The summed E-state index contributed by atoms with van der Waals surface area (Å²) in [6.45, 7) is 1.74. The summed E-state index contributed by atoms with van der Waals surface area (Å²) in [7, 11) is 0. The number of nitrogens with zero attached hydrogens (tertiary/aromatic N) is 1. The highest BCUT2D eigenvalue weighted by molar-refractivity contribution is 7.09. The van der Waals surface area contributed by atoms with Gasteiger partial charge in [-0.2, -0.15) is 0 Å². The second-order valence-electron chi connectivity index (χ2n) is 4.73. The highest BCUT2D eigenvalue weighted by atomic mass is 32.1. The molecule has 0 aliphatic heterocycles. The van der Waals surface area contributed by atoms with Crippen LogP contribution >= 0.6 is 11.3 Å². The molecule has 98 valence electrons. The lowest BCUT2D eigenvalue weighted by atomic mass is 10.1. The first-order valence-corrected chi connectivity index (χ1v) is 7.55. The molecular formula is C16H18N2S. The van der Waals surface area contributed by atoms with Gasteiger partial charge >= 0.3 is 0 Å². The van der Waals surface area contributed by atoms with Gasteiger partial charge in [0, 0.05) is 28.5 Å². The Hall–Kier alpha value is -1.58. The Morgan fingerprint density at radius 3 is 2.74 bits per heavy atom. The molecule has 0 radical (unpaired) electrons. The summed E-state index contributed by atoms with van der Waals surface area (Å²) in [5.74, 6) is 0. The van der Waals surface area contributed by atoms with E-state index in [1.807, 2.05) is 11.3 Å². The molecule has 0 aliphatic rings. The molecule has 2 aromatic heterocycles. The second kappa shape index (κ2) is 5.59. The largest absolute Gasteiger partial charge is 0.347 e. The number of thiophene rings is 1. The first-order valence-electron chi connectivity index (χ1n) is 6.67. The fraction of sp³-hybridized carbons (Fsp3) is 0.250. The summed E-state index contributed by atoms with van der Waals surface area (Å²) in [6.07, 6.45) is 4.32. The fourth-order valence-corrected chi connectivity index (χ4v) is 3.25. The molecule has 0 atom stereocenters. The number of nitrogens with two attached hydrogens (primary N) is 1. The molecule has 0 bridgehead atoms. The Morgan fingerprint density at radius 2 is 1.95 bits per heavy atom. The van der Waals surface area contributed by atoms with Crippen molar-refractivity contribution in [2.75, 3.05) is 6.54 Å². The Bertz CT molecular complexity index is 653. The molecule has 0 aliphatic carbocycles. The van der Waals surface area contributed by atoms with Gasteiger partial charge in [0.15, 0.2) is 0 Å². The summed E-state index contributed by atoms with van der Waals surface area (Å²) in [5, 5.41) is 3.49. The van der Waals surface area contributed by atoms with Crippen LogP contribution in [-0.4, -0.2) is 11.1 Å². The number of para-hydroxylation sites is 1. The van der Waals surface area contributed by atoms with Crippen molar-refractivity contribution in [2.45, 2.75) is 19.4 Å². The third-order valence-electron chi connectivity index (χ3n) is 3.46. The Kier molecular flexibility index (Phi) is 3.67. The van der Waals surface area contributed by atoms with Crippen LogP contribution in [0.2, 0.25) is 0 Å². The molecule has 0 saturated carbocycles. The SMILES string of the molecule is NCCc1cn(CCc2cccs2)c2ccccc12. The van der Waals surface area contributed by atoms with Crippen LogP contribution in [-0.2, 0) is 19.4 Å². The number of hydrogen-bond acceptors (Lipinski definition) is 2. The van der Waals surface area contributed by atoms with E-state index >= 15 is 0 Å². The highest BCUT2D eigenvalue weighted by Gasteiger charge is 2.07. The lowest BCUT2D eigenvalue weighted by molar-refractivity contribution is 0.726. The van der Waals surface area contributed by atoms with E-state index in [0.717, 1.165) is 19.4 Å². The summed E-state index contributed by atoms with van der Waals surface area (Å²) >= 11 is 1.83. The van der Waals surface area contributed by atoms with Crippen molar-refractivity contribution in [1.82, 2.24) is 4.57 Å². The van der Waals surface area contributed by atoms with E-state index < -0.39 is 0 Å². The predicted molar refractivity (Wildman–Crippen MR) is 82.7 cm³/mol. The molecule has 0 saturated heterocycles. The van der Waals surface area contributed by atoms with Crippen molar-refractivity contribution in [3.8, 4) is 0 Å². The molecule has 0 fully saturated rings. The van der Waals surface area contributed by atoms with Gasteiger partial charge in [0.25, 0.3) is 0 Å². The third-order valence-corrected chi connectivity index (χ3v) is 4.40. The molecule has 0 amide bonds. The van der Waals surface area contributed by atoms with E-state index in [-0.39, 0.29) is 0 Å². The van der Waals surface area contributed by atoms with Gasteiger partial charge in [-0.05, 0) is 42.5 Å². The maximum Gasteiger partial charge on any atom is 0.0483 e. The lowest BCUT2D eigenvalue weighted by Crippen LogP contribution is -2.02. The Balaban J connectivity index is 1.90. The minimum atomic E-state index is 0.707. The second-order valence-corrected chi connectivity index (χ2v) is 5.77. The molecule has 0 unspecified atom stereocenters. The number of fused-ring (bicyclic) bond motifs is 1. The molecule has 2 nitrogen and oxygen atoms in total. The van der Waals surface area contributed by atoms with Gasteiger partial charge in [-0.15, -0.1) is 11.3 Å². The average molecular weight is 270 g/mol. The van der Waals surface area contributed by atoms with Crippen molar-refractivity contribution in [2.24, 2.45) is 5.73 Å². The van der Waals surface area contributed by atoms with Crippen LogP contribution in [0.1, 0.15) is 10.4 Å². The minimum Gasteiger partial charge on any atom is -0.347 e. The van der Waals surface area contributed by atoms with Gasteiger partial charge in [0.1, 0.15) is 0 Å². The quantitative estimate of drug-likeness (QED) is 0.756. The molecule has 1 aromatic carbocycles. The molecule has 19 heavy (non-hydrogen) atoms. The van der Waals surface area contributed by atoms with Crippen LogP contribution in [0.25, 0.3) is 10.9 Å². The van der Waals surface area contributed by atoms with Crippen molar-refractivity contribution in [3.63, 3.8) is 0 Å². The summed E-state index contributed by atoms with van der Waals surface area (Å²) < 4.78 is 2.36. The normalized spacial score (nSPS) is 11.2. The van der Waals surface area contributed by atoms with E-state index in [9.17, 15) is 0 Å². The summed E-state index contributed by atoms with van der Waals surface area (Å²) in [4.78, 5) is 1.44.